The number of thiazole rings is 1. The van der Waals surface area contributed by atoms with Crippen LogP contribution in [-0.2, 0) is 15.1 Å². The average Bonchev–Trinajstić information content (AvgIpc) is 3.27. The van der Waals surface area contributed by atoms with Gasteiger partial charge in [0.05, 0.1) is 12.1 Å². The van der Waals surface area contributed by atoms with Crippen LogP contribution in [0.25, 0.3) is 0 Å². The minimum absolute atomic E-state index is 0.0171. The number of benzene rings is 1. The van der Waals surface area contributed by atoms with E-state index in [4.69, 9.17) is 0 Å². The van der Waals surface area contributed by atoms with E-state index in [2.05, 4.69) is 15.3 Å². The van der Waals surface area contributed by atoms with Crippen molar-refractivity contribution in [2.24, 2.45) is 4.99 Å². The second kappa shape index (κ2) is 8.84. The molecule has 2 unspecified atom stereocenters. The van der Waals surface area contributed by atoms with Gasteiger partial charge < -0.3 is 15.5 Å². The van der Waals surface area contributed by atoms with Gasteiger partial charge in [-0.05, 0) is 31.0 Å². The first-order valence-electron chi connectivity index (χ1n) is 10.3. The van der Waals surface area contributed by atoms with E-state index in [1.54, 1.807) is 5.38 Å². The first kappa shape index (κ1) is 23.9. The molecule has 2 aromatic rings. The molecule has 0 saturated carbocycles. The highest BCUT2D eigenvalue weighted by Crippen LogP contribution is 2.39. The van der Waals surface area contributed by atoms with Gasteiger partial charge in [0.25, 0.3) is 5.92 Å². The monoisotopic (exact) mass is 494 g/mol. The van der Waals surface area contributed by atoms with E-state index in [1.165, 1.54) is 48.7 Å². The van der Waals surface area contributed by atoms with Crippen molar-refractivity contribution in [3.8, 4) is 0 Å². The molecule has 12 heteroatoms. The van der Waals surface area contributed by atoms with Crippen LogP contribution in [-0.4, -0.2) is 62.9 Å². The molecule has 1 aromatic carbocycles. The number of carboxylic acids is 2. The predicted molar refractivity (Wildman–Crippen MR) is 117 cm³/mol. The van der Waals surface area contributed by atoms with Gasteiger partial charge in [-0.3, -0.25) is 9.69 Å². The van der Waals surface area contributed by atoms with Crippen molar-refractivity contribution in [1.82, 2.24) is 15.2 Å². The summed E-state index contributed by atoms with van der Waals surface area (Å²) < 4.78 is 42.0. The highest BCUT2D eigenvalue weighted by Gasteiger charge is 2.46. The molecule has 1 saturated heterocycles. The van der Waals surface area contributed by atoms with Crippen LogP contribution in [0, 0.1) is 5.82 Å². The summed E-state index contributed by atoms with van der Waals surface area (Å²) in [5.74, 6) is -6.06. The number of hydrogen-bond donors (Lipinski definition) is 3. The van der Waals surface area contributed by atoms with E-state index in [0.29, 0.717) is 10.6 Å². The summed E-state index contributed by atoms with van der Waals surface area (Å²) in [7, 11) is 0. The standard InChI is InChI=1S/C22H21F3N4O4S/c1-21(12-2-4-13(23)5-3-12)16(20(32)33)14(27-17(28-21)18-26-8-9-34-18)10-29-11-22(24,25)7-6-15(29)19(30)31/h2-5,8-9,15H,6-7,10-11H2,1H3,(H,27,28)(H,30,31)(H,32,33). The van der Waals surface area contributed by atoms with Gasteiger partial charge in [0.15, 0.2) is 10.8 Å². The summed E-state index contributed by atoms with van der Waals surface area (Å²) in [6.45, 7) is 0.298. The zero-order valence-corrected chi connectivity index (χ0v) is 18.8. The molecule has 0 spiro atoms. The first-order valence-corrected chi connectivity index (χ1v) is 11.2. The summed E-state index contributed by atoms with van der Waals surface area (Å²) in [6.07, 6.45) is 0.680. The Morgan fingerprint density at radius 1 is 1.26 bits per heavy atom. The molecule has 0 aliphatic carbocycles. The number of aromatic nitrogens is 1. The second-order valence-corrected chi connectivity index (χ2v) is 9.21. The summed E-state index contributed by atoms with van der Waals surface area (Å²) in [5, 5.41) is 24.7. The largest absolute Gasteiger partial charge is 0.480 e. The molecule has 3 heterocycles. The molecule has 34 heavy (non-hydrogen) atoms. The van der Waals surface area contributed by atoms with Gasteiger partial charge in [-0.15, -0.1) is 11.3 Å². The lowest BCUT2D eigenvalue weighted by molar-refractivity contribution is -0.151. The van der Waals surface area contributed by atoms with Crippen LogP contribution in [0.4, 0.5) is 13.2 Å². The Morgan fingerprint density at radius 3 is 2.56 bits per heavy atom. The van der Waals surface area contributed by atoms with Crippen LogP contribution < -0.4 is 5.32 Å². The van der Waals surface area contributed by atoms with Gasteiger partial charge in [-0.25, -0.2) is 27.9 Å². The number of nitrogens with zero attached hydrogens (tertiary/aromatic N) is 3. The highest BCUT2D eigenvalue weighted by molar-refractivity contribution is 7.11. The molecule has 1 fully saturated rings. The van der Waals surface area contributed by atoms with Crippen LogP contribution >= 0.6 is 11.3 Å². The zero-order chi connectivity index (χ0) is 24.7. The molecule has 1 aromatic heterocycles. The quantitative estimate of drug-likeness (QED) is 0.565. The van der Waals surface area contributed by atoms with E-state index >= 15 is 0 Å². The Bertz CT molecular complexity index is 1170. The van der Waals surface area contributed by atoms with Crippen LogP contribution in [0.15, 0.2) is 52.1 Å². The number of halogens is 3. The molecule has 3 N–H and O–H groups in total. The van der Waals surface area contributed by atoms with Crippen molar-refractivity contribution in [2.45, 2.75) is 37.3 Å². The number of amidine groups is 1. The fourth-order valence-electron chi connectivity index (χ4n) is 4.35. The van der Waals surface area contributed by atoms with Gasteiger partial charge in [0.1, 0.15) is 17.4 Å². The molecule has 2 aliphatic rings. The van der Waals surface area contributed by atoms with Crippen molar-refractivity contribution >= 4 is 29.1 Å². The van der Waals surface area contributed by atoms with Gasteiger partial charge in [-0.1, -0.05) is 12.1 Å². The number of carboxylic acid groups (broad SMARTS) is 2. The SMILES string of the molecule is CC1(c2ccc(F)cc2)N=C(c2nccs2)NC(CN2CC(F)(F)CCC2C(=O)O)=C1C(=O)O. The van der Waals surface area contributed by atoms with Gasteiger partial charge in [0.2, 0.25) is 0 Å². The molecule has 2 aliphatic heterocycles. The van der Waals surface area contributed by atoms with E-state index in [1.807, 2.05) is 0 Å². The predicted octanol–water partition coefficient (Wildman–Crippen LogP) is 3.07. The van der Waals surface area contributed by atoms with Gasteiger partial charge >= 0.3 is 11.9 Å². The van der Waals surface area contributed by atoms with Crippen molar-refractivity contribution in [3.63, 3.8) is 0 Å². The van der Waals surface area contributed by atoms with Gasteiger partial charge in [-0.2, -0.15) is 0 Å². The molecule has 180 valence electrons. The van der Waals surface area contributed by atoms with Crippen LogP contribution in [0.1, 0.15) is 30.3 Å². The number of nitrogens with one attached hydrogen (secondary N) is 1. The van der Waals surface area contributed by atoms with Crippen molar-refractivity contribution < 1.29 is 33.0 Å². The lowest BCUT2D eigenvalue weighted by atomic mass is 9.82. The first-order chi connectivity index (χ1) is 16.0. The summed E-state index contributed by atoms with van der Waals surface area (Å²) in [5.41, 5.74) is -1.41. The topological polar surface area (TPSA) is 115 Å². The van der Waals surface area contributed by atoms with Crippen molar-refractivity contribution in [2.75, 3.05) is 13.1 Å². The van der Waals surface area contributed by atoms with Crippen LogP contribution in [0.2, 0.25) is 0 Å². The minimum Gasteiger partial charge on any atom is -0.480 e. The molecule has 0 radical (unpaired) electrons. The molecule has 0 bridgehead atoms. The number of carbonyl (C=O) groups is 2. The van der Waals surface area contributed by atoms with E-state index in [0.717, 1.165) is 4.90 Å². The number of hydrogen-bond acceptors (Lipinski definition) is 7. The molecule has 8 nitrogen and oxygen atoms in total. The number of aliphatic imine (C=N–C) groups is 1. The molecule has 2 atom stereocenters. The summed E-state index contributed by atoms with van der Waals surface area (Å²) in [4.78, 5) is 34.1. The molecule has 4 rings (SSSR count). The maximum absolute atomic E-state index is 14.2. The van der Waals surface area contributed by atoms with E-state index in [9.17, 15) is 33.0 Å². The Balaban J connectivity index is 1.84. The minimum atomic E-state index is -3.11. The Labute approximate surface area is 196 Å². The number of rotatable bonds is 6. The number of alkyl halides is 2. The zero-order valence-electron chi connectivity index (χ0n) is 18.0. The number of likely N-dealkylation sites (tertiary alicyclic amines) is 1. The summed E-state index contributed by atoms with van der Waals surface area (Å²) >= 11 is 1.23. The van der Waals surface area contributed by atoms with E-state index in [-0.39, 0.29) is 23.5 Å². The maximum atomic E-state index is 14.2. The van der Waals surface area contributed by atoms with Crippen molar-refractivity contribution in [1.29, 1.82) is 0 Å². The van der Waals surface area contributed by atoms with Crippen LogP contribution in [0.5, 0.6) is 0 Å². The number of aliphatic carboxylic acids is 2. The third kappa shape index (κ3) is 4.55. The average molecular weight is 494 g/mol. The Hall–Kier alpha value is -3.25. The van der Waals surface area contributed by atoms with Crippen LogP contribution in [0.3, 0.4) is 0 Å². The fraction of sp³-hybridized carbons (Fsp3) is 0.364. The summed E-state index contributed by atoms with van der Waals surface area (Å²) in [6, 6.07) is 3.94. The van der Waals surface area contributed by atoms with E-state index < -0.39 is 54.8 Å². The highest BCUT2D eigenvalue weighted by atomic mass is 32.1. The fourth-order valence-corrected chi connectivity index (χ4v) is 4.93. The normalized spacial score (nSPS) is 24.9. The second-order valence-electron chi connectivity index (χ2n) is 8.31. The van der Waals surface area contributed by atoms with Crippen molar-refractivity contribution in [3.05, 3.63) is 63.5 Å². The smallest absolute Gasteiger partial charge is 0.336 e. The Morgan fingerprint density at radius 2 is 1.97 bits per heavy atom. The lowest BCUT2D eigenvalue weighted by Crippen LogP contribution is -2.54. The molecular formula is C22H21F3N4O4S. The third-order valence-corrected chi connectivity index (χ3v) is 6.73. The Kier molecular flexibility index (Phi) is 6.21. The maximum Gasteiger partial charge on any atom is 0.336 e. The molecular weight excluding hydrogens is 473 g/mol. The lowest BCUT2D eigenvalue weighted by Gasteiger charge is -2.40. The third-order valence-electron chi connectivity index (χ3n) is 5.95. The number of piperidine rings is 1. The van der Waals surface area contributed by atoms with Gasteiger partial charge in [0, 0.05) is 30.2 Å². The molecule has 0 amide bonds.